The second-order valence-electron chi connectivity index (χ2n) is 3.46. The Morgan fingerprint density at radius 3 is 2.69 bits per heavy atom. The van der Waals surface area contributed by atoms with Crippen molar-refractivity contribution in [2.75, 3.05) is 0 Å². The molecule has 0 fully saturated rings. The predicted octanol–water partition coefficient (Wildman–Crippen LogP) is 3.49. The molecule has 1 N–H and O–H groups in total. The molecule has 0 aliphatic carbocycles. The topological polar surface area (TPSA) is 33.1 Å². The number of hydrogen-bond donors (Lipinski definition) is 1. The summed E-state index contributed by atoms with van der Waals surface area (Å²) < 4.78 is 0. The highest BCUT2D eigenvalue weighted by atomic mass is 32.2. The molecule has 1 unspecified atom stereocenters. The maximum absolute atomic E-state index is 9.38. The third-order valence-corrected chi connectivity index (χ3v) is 4.19. The van der Waals surface area contributed by atoms with E-state index in [1.54, 1.807) is 30.0 Å². The third kappa shape index (κ3) is 3.07. The highest BCUT2D eigenvalue weighted by molar-refractivity contribution is 7.98. The Kier molecular flexibility index (Phi) is 3.98. The van der Waals surface area contributed by atoms with E-state index in [4.69, 9.17) is 0 Å². The fourth-order valence-corrected chi connectivity index (χ4v) is 2.85. The van der Waals surface area contributed by atoms with Gasteiger partial charge in [-0.3, -0.25) is 0 Å². The molecule has 1 atom stereocenters. The van der Waals surface area contributed by atoms with Crippen molar-refractivity contribution >= 4 is 23.1 Å². The first kappa shape index (κ1) is 11.6. The third-order valence-electron chi connectivity index (χ3n) is 2.21. The number of aromatic nitrogens is 1. The van der Waals surface area contributed by atoms with E-state index in [9.17, 15) is 5.11 Å². The zero-order chi connectivity index (χ0) is 11.4. The van der Waals surface area contributed by atoms with Crippen LogP contribution in [0, 0.1) is 0 Å². The standard InChI is InChI=1S/C12H13NOS2/c1-9(14)10-2-4-11(5-3-10)16-8-12-13-6-7-15-12/h2-7,9,14H,8H2,1H3. The summed E-state index contributed by atoms with van der Waals surface area (Å²) >= 11 is 3.44. The van der Waals surface area contributed by atoms with Gasteiger partial charge in [0.2, 0.25) is 0 Å². The summed E-state index contributed by atoms with van der Waals surface area (Å²) in [5, 5.41) is 12.5. The summed E-state index contributed by atoms with van der Waals surface area (Å²) in [6.07, 6.45) is 1.44. The van der Waals surface area contributed by atoms with Crippen LogP contribution in [0.4, 0.5) is 0 Å². The van der Waals surface area contributed by atoms with Crippen molar-refractivity contribution in [1.29, 1.82) is 0 Å². The van der Waals surface area contributed by atoms with Gasteiger partial charge in [0.15, 0.2) is 0 Å². The van der Waals surface area contributed by atoms with Crippen LogP contribution in [0.25, 0.3) is 0 Å². The maximum atomic E-state index is 9.38. The molecule has 1 aromatic heterocycles. The van der Waals surface area contributed by atoms with Gasteiger partial charge in [-0.1, -0.05) is 12.1 Å². The molecule has 0 radical (unpaired) electrons. The van der Waals surface area contributed by atoms with Gasteiger partial charge < -0.3 is 5.11 Å². The Hall–Kier alpha value is -0.840. The van der Waals surface area contributed by atoms with Crippen molar-refractivity contribution < 1.29 is 5.11 Å². The number of benzene rings is 1. The lowest BCUT2D eigenvalue weighted by molar-refractivity contribution is 0.199. The Bertz CT molecular complexity index is 423. The highest BCUT2D eigenvalue weighted by Gasteiger charge is 2.01. The lowest BCUT2D eigenvalue weighted by Gasteiger charge is -2.05. The van der Waals surface area contributed by atoms with E-state index in [1.807, 2.05) is 35.8 Å². The monoisotopic (exact) mass is 251 g/mol. The molecule has 2 aromatic rings. The van der Waals surface area contributed by atoms with Gasteiger partial charge in [0.1, 0.15) is 5.01 Å². The number of aliphatic hydroxyl groups excluding tert-OH is 1. The van der Waals surface area contributed by atoms with Crippen molar-refractivity contribution in [3.05, 3.63) is 46.4 Å². The van der Waals surface area contributed by atoms with Crippen LogP contribution in [0.2, 0.25) is 0 Å². The van der Waals surface area contributed by atoms with Crippen molar-refractivity contribution in [2.24, 2.45) is 0 Å². The zero-order valence-electron chi connectivity index (χ0n) is 8.96. The predicted molar refractivity (Wildman–Crippen MR) is 68.8 cm³/mol. The molecule has 0 saturated heterocycles. The molecule has 2 rings (SSSR count). The SMILES string of the molecule is CC(O)c1ccc(SCc2nccs2)cc1. The molecule has 1 aromatic carbocycles. The summed E-state index contributed by atoms with van der Waals surface area (Å²) in [7, 11) is 0. The Balaban J connectivity index is 1.95. The number of hydrogen-bond acceptors (Lipinski definition) is 4. The van der Waals surface area contributed by atoms with Gasteiger partial charge in [-0.25, -0.2) is 4.98 Å². The van der Waals surface area contributed by atoms with Gasteiger partial charge in [0, 0.05) is 16.5 Å². The normalized spacial score (nSPS) is 12.6. The van der Waals surface area contributed by atoms with E-state index in [0.717, 1.165) is 16.3 Å². The van der Waals surface area contributed by atoms with Crippen LogP contribution >= 0.6 is 23.1 Å². The maximum Gasteiger partial charge on any atom is 0.103 e. The van der Waals surface area contributed by atoms with Crippen molar-refractivity contribution in [1.82, 2.24) is 4.98 Å². The van der Waals surface area contributed by atoms with Crippen molar-refractivity contribution in [3.63, 3.8) is 0 Å². The van der Waals surface area contributed by atoms with Crippen LogP contribution < -0.4 is 0 Å². The summed E-state index contributed by atoms with van der Waals surface area (Å²) in [5.41, 5.74) is 0.957. The Morgan fingerprint density at radius 2 is 2.12 bits per heavy atom. The molecule has 16 heavy (non-hydrogen) atoms. The smallest absolute Gasteiger partial charge is 0.103 e. The van der Waals surface area contributed by atoms with E-state index < -0.39 is 6.10 Å². The second-order valence-corrected chi connectivity index (χ2v) is 5.49. The minimum absolute atomic E-state index is 0.391. The molecule has 0 aliphatic heterocycles. The summed E-state index contributed by atoms with van der Waals surface area (Å²) in [6.45, 7) is 1.78. The van der Waals surface area contributed by atoms with Gasteiger partial charge in [-0.2, -0.15) is 0 Å². The molecule has 0 spiro atoms. The average Bonchev–Trinajstić information content (AvgIpc) is 2.80. The minimum Gasteiger partial charge on any atom is -0.389 e. The van der Waals surface area contributed by atoms with Crippen molar-refractivity contribution in [3.8, 4) is 0 Å². The van der Waals surface area contributed by atoms with E-state index in [-0.39, 0.29) is 0 Å². The molecule has 0 amide bonds. The summed E-state index contributed by atoms with van der Waals surface area (Å²) in [6, 6.07) is 8.02. The Labute approximate surface area is 103 Å². The minimum atomic E-state index is -0.391. The second kappa shape index (κ2) is 5.48. The van der Waals surface area contributed by atoms with E-state index >= 15 is 0 Å². The van der Waals surface area contributed by atoms with E-state index in [0.29, 0.717) is 0 Å². The fourth-order valence-electron chi connectivity index (χ4n) is 1.31. The molecule has 2 nitrogen and oxygen atoms in total. The van der Waals surface area contributed by atoms with Crippen LogP contribution in [0.1, 0.15) is 23.6 Å². The fraction of sp³-hybridized carbons (Fsp3) is 0.250. The first-order valence-corrected chi connectivity index (χ1v) is 6.91. The molecule has 84 valence electrons. The van der Waals surface area contributed by atoms with Crippen molar-refractivity contribution in [2.45, 2.75) is 23.7 Å². The lowest BCUT2D eigenvalue weighted by atomic mass is 10.1. The molecule has 0 aliphatic rings. The van der Waals surface area contributed by atoms with Gasteiger partial charge in [-0.15, -0.1) is 23.1 Å². The van der Waals surface area contributed by atoms with Gasteiger partial charge in [0.25, 0.3) is 0 Å². The zero-order valence-corrected chi connectivity index (χ0v) is 10.6. The number of nitrogens with zero attached hydrogens (tertiary/aromatic N) is 1. The molecule has 4 heteroatoms. The molecule has 0 bridgehead atoms. The Morgan fingerprint density at radius 1 is 1.38 bits per heavy atom. The largest absolute Gasteiger partial charge is 0.389 e. The molecular weight excluding hydrogens is 238 g/mol. The van der Waals surface area contributed by atoms with Gasteiger partial charge in [0.05, 0.1) is 11.9 Å². The number of rotatable bonds is 4. The number of aliphatic hydroxyl groups is 1. The summed E-state index contributed by atoms with van der Waals surface area (Å²) in [5.74, 6) is 0.908. The molecule has 0 saturated carbocycles. The van der Waals surface area contributed by atoms with E-state index in [1.165, 1.54) is 4.90 Å². The van der Waals surface area contributed by atoms with Crippen LogP contribution in [0.5, 0.6) is 0 Å². The highest BCUT2D eigenvalue weighted by Crippen LogP contribution is 2.25. The van der Waals surface area contributed by atoms with Crippen LogP contribution in [0.3, 0.4) is 0 Å². The van der Waals surface area contributed by atoms with Crippen LogP contribution in [-0.4, -0.2) is 10.1 Å². The first-order valence-electron chi connectivity index (χ1n) is 5.05. The quantitative estimate of drug-likeness (QED) is 0.844. The molecule has 1 heterocycles. The average molecular weight is 251 g/mol. The van der Waals surface area contributed by atoms with E-state index in [2.05, 4.69) is 4.98 Å². The summed E-state index contributed by atoms with van der Waals surface area (Å²) in [4.78, 5) is 5.44. The van der Waals surface area contributed by atoms with Gasteiger partial charge in [-0.05, 0) is 24.6 Å². The number of thioether (sulfide) groups is 1. The molecular formula is C12H13NOS2. The van der Waals surface area contributed by atoms with Gasteiger partial charge >= 0.3 is 0 Å². The van der Waals surface area contributed by atoms with Crippen LogP contribution in [-0.2, 0) is 5.75 Å². The number of thiazole rings is 1. The lowest BCUT2D eigenvalue weighted by Crippen LogP contribution is -1.89. The first-order chi connectivity index (χ1) is 7.75. The van der Waals surface area contributed by atoms with Crippen LogP contribution in [0.15, 0.2) is 40.7 Å².